The predicted octanol–water partition coefficient (Wildman–Crippen LogP) is -2.09. The monoisotopic (exact) mass is 298 g/mol. The third-order valence-corrected chi connectivity index (χ3v) is 3.64. The van der Waals surface area contributed by atoms with Gasteiger partial charge in [-0.25, -0.2) is 0 Å². The van der Waals surface area contributed by atoms with Gasteiger partial charge in [-0.05, 0) is 6.42 Å². The van der Waals surface area contributed by atoms with Crippen molar-refractivity contribution in [2.75, 3.05) is 45.9 Å². The topological polar surface area (TPSA) is 105 Å². The Morgan fingerprint density at radius 3 is 2.71 bits per heavy atom. The first-order valence-electron chi connectivity index (χ1n) is 7.23. The number of amides is 3. The Balaban J connectivity index is 1.71. The van der Waals surface area contributed by atoms with Crippen molar-refractivity contribution in [1.82, 2.24) is 15.1 Å². The van der Waals surface area contributed by atoms with Crippen LogP contribution in [0.1, 0.15) is 12.8 Å². The third-order valence-electron chi connectivity index (χ3n) is 3.64. The third kappa shape index (κ3) is 4.76. The van der Waals surface area contributed by atoms with Crippen molar-refractivity contribution in [3.8, 4) is 0 Å². The number of hydrogen-bond acceptors (Lipinski definition) is 6. The summed E-state index contributed by atoms with van der Waals surface area (Å²) >= 11 is 0. The maximum atomic E-state index is 11.8. The van der Waals surface area contributed by atoms with Gasteiger partial charge in [-0.2, -0.15) is 0 Å². The Kier molecular flexibility index (Phi) is 5.66. The molecule has 118 valence electrons. The van der Waals surface area contributed by atoms with E-state index in [2.05, 4.69) is 5.32 Å². The van der Waals surface area contributed by atoms with Gasteiger partial charge in [-0.3, -0.25) is 24.6 Å². The molecule has 3 N–H and O–H groups in total. The number of carbonyl (C=O) groups excluding carboxylic acids is 3. The second-order valence-electron chi connectivity index (χ2n) is 5.35. The van der Waals surface area contributed by atoms with Gasteiger partial charge in [0.05, 0.1) is 25.8 Å². The average Bonchev–Trinajstić information content (AvgIpc) is 2.84. The molecule has 3 amide bonds. The Morgan fingerprint density at radius 2 is 2.05 bits per heavy atom. The molecule has 2 saturated heterocycles. The zero-order chi connectivity index (χ0) is 15.2. The maximum absolute atomic E-state index is 11.8. The molecular formula is C13H22N4O4. The smallest absolute Gasteiger partial charge is 0.246 e. The Morgan fingerprint density at radius 1 is 1.29 bits per heavy atom. The molecule has 0 radical (unpaired) electrons. The fourth-order valence-electron chi connectivity index (χ4n) is 2.55. The van der Waals surface area contributed by atoms with Gasteiger partial charge < -0.3 is 15.4 Å². The Bertz CT molecular complexity index is 415. The summed E-state index contributed by atoms with van der Waals surface area (Å²) in [6.45, 7) is 2.85. The Hall–Kier alpha value is -1.51. The molecule has 8 heteroatoms. The van der Waals surface area contributed by atoms with Crippen molar-refractivity contribution >= 4 is 17.7 Å². The van der Waals surface area contributed by atoms with Crippen molar-refractivity contribution in [3.05, 3.63) is 0 Å². The van der Waals surface area contributed by atoms with Crippen LogP contribution in [0.15, 0.2) is 0 Å². The van der Waals surface area contributed by atoms with Crippen molar-refractivity contribution < 1.29 is 19.1 Å². The minimum Gasteiger partial charge on any atom is -0.374 e. The second kappa shape index (κ2) is 7.48. The van der Waals surface area contributed by atoms with Gasteiger partial charge in [0.1, 0.15) is 0 Å². The van der Waals surface area contributed by atoms with E-state index in [4.69, 9.17) is 10.5 Å². The molecule has 8 nitrogen and oxygen atoms in total. The normalized spacial score (nSPS) is 23.4. The number of likely N-dealkylation sites (tertiary alicyclic amines) is 1. The van der Waals surface area contributed by atoms with E-state index in [1.807, 2.05) is 4.90 Å². The fourth-order valence-corrected chi connectivity index (χ4v) is 2.55. The first kappa shape index (κ1) is 15.9. The van der Waals surface area contributed by atoms with Crippen LogP contribution in [0.3, 0.4) is 0 Å². The van der Waals surface area contributed by atoms with Crippen LogP contribution in [0.2, 0.25) is 0 Å². The summed E-state index contributed by atoms with van der Waals surface area (Å²) in [5, 5.41) is 2.32. The lowest BCUT2D eigenvalue weighted by Crippen LogP contribution is -2.50. The molecule has 0 aliphatic carbocycles. The van der Waals surface area contributed by atoms with Gasteiger partial charge in [0.2, 0.25) is 17.7 Å². The molecule has 0 aromatic carbocycles. The average molecular weight is 298 g/mol. The lowest BCUT2D eigenvalue weighted by Gasteiger charge is -2.31. The predicted molar refractivity (Wildman–Crippen MR) is 74.2 cm³/mol. The summed E-state index contributed by atoms with van der Waals surface area (Å²) < 4.78 is 5.41. The lowest BCUT2D eigenvalue weighted by molar-refractivity contribution is -0.137. The molecular weight excluding hydrogens is 276 g/mol. The zero-order valence-corrected chi connectivity index (χ0v) is 12.0. The quantitative estimate of drug-likeness (QED) is 0.603. The molecule has 0 spiro atoms. The largest absolute Gasteiger partial charge is 0.374 e. The number of ether oxygens (including phenoxy) is 1. The number of hydrogen-bond donors (Lipinski definition) is 2. The van der Waals surface area contributed by atoms with Crippen molar-refractivity contribution in [2.24, 2.45) is 5.73 Å². The highest BCUT2D eigenvalue weighted by atomic mass is 16.5. The van der Waals surface area contributed by atoms with Gasteiger partial charge in [0.15, 0.2) is 0 Å². The van der Waals surface area contributed by atoms with E-state index in [0.717, 1.165) is 6.42 Å². The van der Waals surface area contributed by atoms with Gasteiger partial charge in [0.25, 0.3) is 0 Å². The number of nitrogens with two attached hydrogens (primary N) is 1. The van der Waals surface area contributed by atoms with Crippen LogP contribution in [0.5, 0.6) is 0 Å². The van der Waals surface area contributed by atoms with E-state index >= 15 is 0 Å². The Labute approximate surface area is 123 Å². The van der Waals surface area contributed by atoms with Crippen molar-refractivity contribution in [2.45, 2.75) is 18.9 Å². The number of rotatable bonds is 5. The molecule has 2 aliphatic heterocycles. The van der Waals surface area contributed by atoms with Crippen molar-refractivity contribution in [3.63, 3.8) is 0 Å². The lowest BCUT2D eigenvalue weighted by atomic mass is 10.2. The van der Waals surface area contributed by atoms with Crippen LogP contribution in [0.25, 0.3) is 0 Å². The highest BCUT2D eigenvalue weighted by Crippen LogP contribution is 2.08. The molecule has 0 aromatic heterocycles. The number of imide groups is 1. The minimum atomic E-state index is -0.432. The summed E-state index contributed by atoms with van der Waals surface area (Å²) in [5.74, 6) is -0.820. The van der Waals surface area contributed by atoms with E-state index < -0.39 is 5.91 Å². The number of nitrogens with one attached hydrogen (secondary N) is 1. The summed E-state index contributed by atoms with van der Waals surface area (Å²) in [4.78, 5) is 38.3. The summed E-state index contributed by atoms with van der Waals surface area (Å²) in [7, 11) is 0. The SMILES string of the molecule is NCC1CN(CC(=O)NC(=O)CN2CCCC2=O)CCO1. The molecule has 1 unspecified atom stereocenters. The van der Waals surface area contributed by atoms with Gasteiger partial charge in [-0.15, -0.1) is 0 Å². The van der Waals surface area contributed by atoms with E-state index in [0.29, 0.717) is 39.2 Å². The molecule has 1 atom stereocenters. The summed E-state index contributed by atoms with van der Waals surface area (Å²) in [6, 6.07) is 0. The highest BCUT2D eigenvalue weighted by Gasteiger charge is 2.24. The fraction of sp³-hybridized carbons (Fsp3) is 0.769. The van der Waals surface area contributed by atoms with Crippen LogP contribution in [0.4, 0.5) is 0 Å². The molecule has 0 saturated carbocycles. The first-order valence-corrected chi connectivity index (χ1v) is 7.23. The van der Waals surface area contributed by atoms with E-state index in [1.54, 1.807) is 0 Å². The van der Waals surface area contributed by atoms with Gasteiger partial charge in [0, 0.05) is 32.6 Å². The molecule has 2 aliphatic rings. The van der Waals surface area contributed by atoms with E-state index in [9.17, 15) is 14.4 Å². The van der Waals surface area contributed by atoms with E-state index in [1.165, 1.54) is 4.90 Å². The first-order chi connectivity index (χ1) is 10.1. The standard InChI is InChI=1S/C13H22N4O4/c14-6-10-7-16(4-5-21-10)8-11(18)15-12(19)9-17-3-1-2-13(17)20/h10H,1-9,14H2,(H,15,18,19). The van der Waals surface area contributed by atoms with Crippen molar-refractivity contribution in [1.29, 1.82) is 0 Å². The maximum Gasteiger partial charge on any atom is 0.246 e. The number of nitrogens with zero attached hydrogens (tertiary/aromatic N) is 2. The molecule has 2 heterocycles. The summed E-state index contributed by atoms with van der Waals surface area (Å²) in [5.41, 5.74) is 5.54. The molecule has 21 heavy (non-hydrogen) atoms. The minimum absolute atomic E-state index is 0.0310. The molecule has 0 bridgehead atoms. The van der Waals surface area contributed by atoms with Crippen LogP contribution >= 0.6 is 0 Å². The number of carbonyl (C=O) groups is 3. The summed E-state index contributed by atoms with van der Waals surface area (Å²) in [6.07, 6.45) is 1.19. The molecule has 2 fully saturated rings. The van der Waals surface area contributed by atoms with Crippen LogP contribution in [0, 0.1) is 0 Å². The van der Waals surface area contributed by atoms with Gasteiger partial charge in [-0.1, -0.05) is 0 Å². The van der Waals surface area contributed by atoms with E-state index in [-0.39, 0.29) is 31.0 Å². The van der Waals surface area contributed by atoms with Crippen LogP contribution < -0.4 is 11.1 Å². The van der Waals surface area contributed by atoms with Gasteiger partial charge >= 0.3 is 0 Å². The number of morpholine rings is 1. The molecule has 2 rings (SSSR count). The highest BCUT2D eigenvalue weighted by molar-refractivity contribution is 5.98. The van der Waals surface area contributed by atoms with Crippen LogP contribution in [-0.4, -0.2) is 79.5 Å². The van der Waals surface area contributed by atoms with Crippen LogP contribution in [-0.2, 0) is 19.1 Å². The second-order valence-corrected chi connectivity index (χ2v) is 5.35. The zero-order valence-electron chi connectivity index (χ0n) is 12.0. The molecule has 0 aromatic rings.